The average molecular weight is 265 g/mol. The van der Waals surface area contributed by atoms with Gasteiger partial charge in [0, 0.05) is 19.3 Å². The molecular weight excluding hydrogens is 245 g/mol. The zero-order valence-corrected chi connectivity index (χ0v) is 11.2. The molecule has 2 amide bonds. The predicted molar refractivity (Wildman–Crippen MR) is 72.4 cm³/mol. The largest absolute Gasteiger partial charge is 0.325 e. The van der Waals surface area contributed by atoms with Crippen molar-refractivity contribution >= 4 is 11.7 Å². The number of rotatable bonds is 2. The Hall–Kier alpha value is -1.65. The summed E-state index contributed by atoms with van der Waals surface area (Å²) in [6.07, 6.45) is 6.95. The highest BCUT2D eigenvalue weighted by molar-refractivity contribution is 5.89. The van der Waals surface area contributed by atoms with Gasteiger partial charge in [-0.1, -0.05) is 13.3 Å². The number of nitrogens with zero attached hydrogens (tertiary/aromatic N) is 2. The molecule has 2 heterocycles. The van der Waals surface area contributed by atoms with Crippen LogP contribution < -0.4 is 5.32 Å². The molecule has 1 aliphatic rings. The fraction of sp³-hybridized carbons (Fsp3) is 0.571. The van der Waals surface area contributed by atoms with Crippen LogP contribution in [0.1, 0.15) is 32.6 Å². The number of hydrogen-bond donors (Lipinski definition) is 1. The highest BCUT2D eigenvalue weighted by Gasteiger charge is 2.20. The molecule has 1 aromatic rings. The van der Waals surface area contributed by atoms with Crippen LogP contribution in [0.25, 0.3) is 0 Å². The van der Waals surface area contributed by atoms with Crippen molar-refractivity contribution in [1.29, 1.82) is 0 Å². The second-order valence-corrected chi connectivity index (χ2v) is 4.98. The van der Waals surface area contributed by atoms with Gasteiger partial charge < -0.3 is 10.2 Å². The van der Waals surface area contributed by atoms with E-state index in [-0.39, 0.29) is 11.7 Å². The minimum atomic E-state index is -0.503. The van der Waals surface area contributed by atoms with E-state index in [4.69, 9.17) is 0 Å². The molecule has 4 nitrogen and oxygen atoms in total. The SMILES string of the molecule is CCC1CCCN(C(=O)Nc2ccncc2F)CC1. The van der Waals surface area contributed by atoms with Gasteiger partial charge in [-0.3, -0.25) is 4.98 Å². The first-order valence-corrected chi connectivity index (χ1v) is 6.86. The standard InChI is InChI=1S/C14H20FN3O/c1-2-11-4-3-8-18(9-6-11)14(19)17-13-5-7-16-10-12(13)15/h5,7,10-11H,2-4,6,8-9H2,1H3,(H,16,17,19). The van der Waals surface area contributed by atoms with E-state index in [0.717, 1.165) is 38.5 Å². The molecule has 1 N–H and O–H groups in total. The lowest BCUT2D eigenvalue weighted by Gasteiger charge is -2.21. The molecule has 0 radical (unpaired) electrons. The number of nitrogens with one attached hydrogen (secondary N) is 1. The van der Waals surface area contributed by atoms with Crippen LogP contribution in [0.5, 0.6) is 0 Å². The van der Waals surface area contributed by atoms with Crippen LogP contribution in [0.2, 0.25) is 0 Å². The molecule has 5 heteroatoms. The first-order chi connectivity index (χ1) is 9.20. The molecule has 1 atom stereocenters. The Balaban J connectivity index is 1.95. The van der Waals surface area contributed by atoms with Crippen LogP contribution in [0.4, 0.5) is 14.9 Å². The number of carbonyl (C=O) groups excluding carboxylic acids is 1. The van der Waals surface area contributed by atoms with Gasteiger partial charge in [-0.15, -0.1) is 0 Å². The Kier molecular flexibility index (Phi) is 4.71. The highest BCUT2D eigenvalue weighted by Crippen LogP contribution is 2.21. The molecule has 2 rings (SSSR count). The summed E-state index contributed by atoms with van der Waals surface area (Å²) in [5, 5.41) is 2.61. The van der Waals surface area contributed by atoms with Gasteiger partial charge in [0.15, 0.2) is 5.82 Å². The number of likely N-dealkylation sites (tertiary alicyclic amines) is 1. The lowest BCUT2D eigenvalue weighted by molar-refractivity contribution is 0.213. The first kappa shape index (κ1) is 13.8. The average Bonchev–Trinajstić information content (AvgIpc) is 2.66. The van der Waals surface area contributed by atoms with E-state index in [1.807, 2.05) is 0 Å². The summed E-state index contributed by atoms with van der Waals surface area (Å²) in [5.41, 5.74) is 0.191. The number of halogens is 1. The maximum atomic E-state index is 13.4. The number of hydrogen-bond acceptors (Lipinski definition) is 2. The molecule has 0 aliphatic carbocycles. The van der Waals surface area contributed by atoms with Crippen LogP contribution >= 0.6 is 0 Å². The third-order valence-electron chi connectivity index (χ3n) is 3.73. The number of pyridine rings is 1. The van der Waals surface area contributed by atoms with E-state index in [1.165, 1.54) is 18.7 Å². The molecule has 1 fully saturated rings. The molecule has 0 bridgehead atoms. The van der Waals surface area contributed by atoms with Crippen LogP contribution in [-0.2, 0) is 0 Å². The fourth-order valence-corrected chi connectivity index (χ4v) is 2.45. The van der Waals surface area contributed by atoms with Crippen molar-refractivity contribution in [2.24, 2.45) is 5.92 Å². The van der Waals surface area contributed by atoms with E-state index in [1.54, 1.807) is 4.90 Å². The molecule has 19 heavy (non-hydrogen) atoms. The lowest BCUT2D eigenvalue weighted by Crippen LogP contribution is -2.36. The normalized spacial score (nSPS) is 19.9. The highest BCUT2D eigenvalue weighted by atomic mass is 19.1. The Morgan fingerprint density at radius 1 is 1.53 bits per heavy atom. The van der Waals surface area contributed by atoms with Gasteiger partial charge in [0.2, 0.25) is 0 Å². The van der Waals surface area contributed by atoms with E-state index in [0.29, 0.717) is 5.92 Å². The molecule has 104 valence electrons. The Morgan fingerprint density at radius 2 is 2.37 bits per heavy atom. The Bertz CT molecular complexity index is 438. The van der Waals surface area contributed by atoms with Crippen molar-refractivity contribution in [1.82, 2.24) is 9.88 Å². The zero-order chi connectivity index (χ0) is 13.7. The maximum absolute atomic E-state index is 13.4. The van der Waals surface area contributed by atoms with Crippen molar-refractivity contribution in [3.05, 3.63) is 24.3 Å². The second-order valence-electron chi connectivity index (χ2n) is 4.98. The maximum Gasteiger partial charge on any atom is 0.321 e. The number of anilines is 1. The molecule has 1 aromatic heterocycles. The molecular formula is C14H20FN3O. The molecule has 1 unspecified atom stereocenters. The predicted octanol–water partition coefficient (Wildman–Crippen LogP) is 3.26. The summed E-state index contributed by atoms with van der Waals surface area (Å²) < 4.78 is 13.4. The Morgan fingerprint density at radius 3 is 3.11 bits per heavy atom. The summed E-state index contributed by atoms with van der Waals surface area (Å²) in [5.74, 6) is 0.201. The summed E-state index contributed by atoms with van der Waals surface area (Å²) in [6.45, 7) is 3.68. The summed E-state index contributed by atoms with van der Waals surface area (Å²) in [6, 6.07) is 1.25. The van der Waals surface area contributed by atoms with E-state index in [2.05, 4.69) is 17.2 Å². The summed E-state index contributed by atoms with van der Waals surface area (Å²) in [7, 11) is 0. The monoisotopic (exact) mass is 265 g/mol. The lowest BCUT2D eigenvalue weighted by atomic mass is 9.98. The van der Waals surface area contributed by atoms with E-state index >= 15 is 0 Å². The van der Waals surface area contributed by atoms with Crippen molar-refractivity contribution in [2.45, 2.75) is 32.6 Å². The quantitative estimate of drug-likeness (QED) is 0.892. The summed E-state index contributed by atoms with van der Waals surface area (Å²) in [4.78, 5) is 17.5. The third-order valence-corrected chi connectivity index (χ3v) is 3.73. The minimum Gasteiger partial charge on any atom is -0.325 e. The molecule has 1 saturated heterocycles. The molecule has 0 saturated carbocycles. The van der Waals surface area contributed by atoms with Crippen LogP contribution in [0, 0.1) is 11.7 Å². The number of urea groups is 1. The van der Waals surface area contributed by atoms with Crippen molar-refractivity contribution < 1.29 is 9.18 Å². The van der Waals surface area contributed by atoms with Gasteiger partial charge in [-0.25, -0.2) is 9.18 Å². The van der Waals surface area contributed by atoms with E-state index in [9.17, 15) is 9.18 Å². The fourth-order valence-electron chi connectivity index (χ4n) is 2.45. The zero-order valence-electron chi connectivity index (χ0n) is 11.2. The van der Waals surface area contributed by atoms with Crippen LogP contribution in [0.3, 0.4) is 0 Å². The number of aromatic nitrogens is 1. The van der Waals surface area contributed by atoms with Gasteiger partial charge in [0.25, 0.3) is 0 Å². The van der Waals surface area contributed by atoms with Gasteiger partial charge in [-0.2, -0.15) is 0 Å². The number of amides is 2. The third kappa shape index (κ3) is 3.66. The van der Waals surface area contributed by atoms with Crippen molar-refractivity contribution in [3.63, 3.8) is 0 Å². The van der Waals surface area contributed by atoms with Gasteiger partial charge in [0.05, 0.1) is 11.9 Å². The minimum absolute atomic E-state index is 0.191. The second kappa shape index (κ2) is 6.50. The Labute approximate surface area is 113 Å². The summed E-state index contributed by atoms with van der Waals surface area (Å²) >= 11 is 0. The number of carbonyl (C=O) groups is 1. The van der Waals surface area contributed by atoms with Crippen LogP contribution in [-0.4, -0.2) is 29.0 Å². The van der Waals surface area contributed by atoms with Gasteiger partial charge in [-0.05, 0) is 31.2 Å². The smallest absolute Gasteiger partial charge is 0.321 e. The molecule has 0 aromatic carbocycles. The molecule has 0 spiro atoms. The molecule has 1 aliphatic heterocycles. The van der Waals surface area contributed by atoms with Gasteiger partial charge in [0.1, 0.15) is 0 Å². The topological polar surface area (TPSA) is 45.2 Å². The van der Waals surface area contributed by atoms with Crippen molar-refractivity contribution in [3.8, 4) is 0 Å². The first-order valence-electron chi connectivity index (χ1n) is 6.86. The van der Waals surface area contributed by atoms with E-state index < -0.39 is 5.82 Å². The van der Waals surface area contributed by atoms with Crippen LogP contribution in [0.15, 0.2) is 18.5 Å². The van der Waals surface area contributed by atoms with Gasteiger partial charge >= 0.3 is 6.03 Å². The van der Waals surface area contributed by atoms with Crippen molar-refractivity contribution in [2.75, 3.05) is 18.4 Å².